The largest absolute Gasteiger partial charge is 0.465 e. The number of rotatable bonds is 3. The molecular weight excluding hydrogens is 210 g/mol. The molecule has 1 rings (SSSR count). The van der Waals surface area contributed by atoms with E-state index in [2.05, 4.69) is 0 Å². The molecule has 0 aliphatic carbocycles. The minimum atomic E-state index is -1.17. The first-order valence-electron chi connectivity index (χ1n) is 4.70. The molecule has 1 unspecified atom stereocenters. The van der Waals surface area contributed by atoms with Gasteiger partial charge in [-0.1, -0.05) is 0 Å². The first-order chi connectivity index (χ1) is 7.04. The molecule has 0 saturated heterocycles. The summed E-state index contributed by atoms with van der Waals surface area (Å²) in [4.78, 5) is 13.5. The van der Waals surface area contributed by atoms with Crippen molar-refractivity contribution in [1.82, 2.24) is 0 Å². The van der Waals surface area contributed by atoms with Crippen molar-refractivity contribution in [2.24, 2.45) is 0 Å². The van der Waals surface area contributed by atoms with Crippen molar-refractivity contribution in [2.75, 3.05) is 6.61 Å². The van der Waals surface area contributed by atoms with Crippen molar-refractivity contribution in [3.8, 4) is 6.07 Å². The maximum atomic E-state index is 11.7. The zero-order valence-corrected chi connectivity index (χ0v) is 9.85. The predicted molar refractivity (Wildman–Crippen MR) is 58.7 cm³/mol. The first kappa shape index (κ1) is 11.7. The van der Waals surface area contributed by atoms with Gasteiger partial charge in [0.05, 0.1) is 12.7 Å². The summed E-state index contributed by atoms with van der Waals surface area (Å²) in [6.07, 6.45) is 0. The van der Waals surface area contributed by atoms with Crippen LogP contribution in [0.4, 0.5) is 0 Å². The van der Waals surface area contributed by atoms with Crippen LogP contribution in [-0.2, 0) is 14.9 Å². The van der Waals surface area contributed by atoms with Gasteiger partial charge in [-0.3, -0.25) is 0 Å². The fraction of sp³-hybridized carbons (Fsp3) is 0.455. The molecule has 0 saturated carbocycles. The molecule has 0 aromatic carbocycles. The molecule has 3 nitrogen and oxygen atoms in total. The van der Waals surface area contributed by atoms with E-state index >= 15 is 0 Å². The van der Waals surface area contributed by atoms with Crippen LogP contribution in [0, 0.1) is 18.3 Å². The monoisotopic (exact) mass is 223 g/mol. The Morgan fingerprint density at radius 1 is 1.67 bits per heavy atom. The van der Waals surface area contributed by atoms with Gasteiger partial charge < -0.3 is 4.74 Å². The molecule has 0 N–H and O–H groups in total. The Morgan fingerprint density at radius 2 is 2.33 bits per heavy atom. The SMILES string of the molecule is CCOC(=O)C(C)(C#N)c1ccc(C)s1. The molecule has 1 heterocycles. The maximum Gasteiger partial charge on any atom is 0.331 e. The molecule has 1 aromatic rings. The van der Waals surface area contributed by atoms with Crippen LogP contribution in [0.1, 0.15) is 23.6 Å². The van der Waals surface area contributed by atoms with E-state index in [-0.39, 0.29) is 0 Å². The van der Waals surface area contributed by atoms with E-state index in [4.69, 9.17) is 10.00 Å². The van der Waals surface area contributed by atoms with Crippen LogP contribution in [0.25, 0.3) is 0 Å². The first-order valence-corrected chi connectivity index (χ1v) is 5.51. The van der Waals surface area contributed by atoms with E-state index in [1.807, 2.05) is 19.1 Å². The lowest BCUT2D eigenvalue weighted by molar-refractivity contribution is -0.147. The van der Waals surface area contributed by atoms with Gasteiger partial charge in [0.2, 0.25) is 0 Å². The summed E-state index contributed by atoms with van der Waals surface area (Å²) in [5.41, 5.74) is -1.17. The van der Waals surface area contributed by atoms with E-state index in [0.29, 0.717) is 6.61 Å². The zero-order valence-electron chi connectivity index (χ0n) is 9.03. The quantitative estimate of drug-likeness (QED) is 0.739. The Labute approximate surface area is 93.3 Å². The van der Waals surface area contributed by atoms with Gasteiger partial charge in [-0.15, -0.1) is 11.3 Å². The number of nitriles is 1. The van der Waals surface area contributed by atoms with Gasteiger partial charge in [0.1, 0.15) is 0 Å². The van der Waals surface area contributed by atoms with Crippen LogP contribution in [0.3, 0.4) is 0 Å². The van der Waals surface area contributed by atoms with Gasteiger partial charge in [0, 0.05) is 9.75 Å². The Balaban J connectivity index is 3.06. The van der Waals surface area contributed by atoms with E-state index in [9.17, 15) is 4.79 Å². The molecule has 0 spiro atoms. The van der Waals surface area contributed by atoms with Crippen molar-refractivity contribution in [2.45, 2.75) is 26.2 Å². The lowest BCUT2D eigenvalue weighted by atomic mass is 9.91. The highest BCUT2D eigenvalue weighted by molar-refractivity contribution is 7.12. The Morgan fingerprint density at radius 3 is 2.73 bits per heavy atom. The van der Waals surface area contributed by atoms with Crippen LogP contribution >= 0.6 is 11.3 Å². The third kappa shape index (κ3) is 2.18. The molecule has 4 heteroatoms. The van der Waals surface area contributed by atoms with Crippen LogP contribution in [-0.4, -0.2) is 12.6 Å². The average molecular weight is 223 g/mol. The predicted octanol–water partition coefficient (Wildman–Crippen LogP) is 2.40. The van der Waals surface area contributed by atoms with Crippen molar-refractivity contribution in [1.29, 1.82) is 5.26 Å². The van der Waals surface area contributed by atoms with Crippen molar-refractivity contribution in [3.05, 3.63) is 21.9 Å². The van der Waals surface area contributed by atoms with Crippen molar-refractivity contribution < 1.29 is 9.53 Å². The van der Waals surface area contributed by atoms with Crippen molar-refractivity contribution in [3.63, 3.8) is 0 Å². The second-order valence-corrected chi connectivity index (χ2v) is 4.66. The Kier molecular flexibility index (Phi) is 3.48. The number of hydrogen-bond acceptors (Lipinski definition) is 4. The minimum absolute atomic E-state index is 0.292. The Bertz CT molecular complexity index is 405. The second kappa shape index (κ2) is 4.45. The van der Waals surface area contributed by atoms with Gasteiger partial charge in [0.25, 0.3) is 0 Å². The lowest BCUT2D eigenvalue weighted by Crippen LogP contribution is -2.31. The molecule has 0 bridgehead atoms. The second-order valence-electron chi connectivity index (χ2n) is 3.37. The molecule has 0 aliphatic rings. The fourth-order valence-corrected chi connectivity index (χ4v) is 2.13. The van der Waals surface area contributed by atoms with Crippen molar-refractivity contribution >= 4 is 17.3 Å². The van der Waals surface area contributed by atoms with Gasteiger partial charge in [-0.05, 0) is 32.9 Å². The summed E-state index contributed by atoms with van der Waals surface area (Å²) < 4.78 is 4.91. The van der Waals surface area contributed by atoms with Gasteiger partial charge in [-0.25, -0.2) is 4.79 Å². The van der Waals surface area contributed by atoms with E-state index in [1.54, 1.807) is 19.9 Å². The average Bonchev–Trinajstić information content (AvgIpc) is 2.64. The third-order valence-corrected chi connectivity index (χ3v) is 3.36. The molecule has 0 fully saturated rings. The normalized spacial score (nSPS) is 14.0. The summed E-state index contributed by atoms with van der Waals surface area (Å²) in [6, 6.07) is 5.73. The number of ether oxygens (including phenoxy) is 1. The molecule has 1 atom stereocenters. The number of carbonyl (C=O) groups is 1. The van der Waals surface area contributed by atoms with Crippen LogP contribution in [0.5, 0.6) is 0 Å². The molecule has 1 aromatic heterocycles. The highest BCUT2D eigenvalue weighted by Gasteiger charge is 2.38. The third-order valence-electron chi connectivity index (χ3n) is 2.14. The van der Waals surface area contributed by atoms with E-state index in [1.165, 1.54) is 11.3 Å². The van der Waals surface area contributed by atoms with Crippen LogP contribution in [0.15, 0.2) is 12.1 Å². The van der Waals surface area contributed by atoms with Gasteiger partial charge >= 0.3 is 5.97 Å². The zero-order chi connectivity index (χ0) is 11.5. The summed E-state index contributed by atoms with van der Waals surface area (Å²) in [5.74, 6) is -0.477. The molecule has 0 radical (unpaired) electrons. The number of esters is 1. The van der Waals surface area contributed by atoms with E-state index in [0.717, 1.165) is 9.75 Å². The number of aryl methyl sites for hydroxylation is 1. The fourth-order valence-electron chi connectivity index (χ4n) is 1.18. The summed E-state index contributed by atoms with van der Waals surface area (Å²) in [7, 11) is 0. The maximum absolute atomic E-state index is 11.7. The molecule has 15 heavy (non-hydrogen) atoms. The smallest absolute Gasteiger partial charge is 0.331 e. The van der Waals surface area contributed by atoms with E-state index < -0.39 is 11.4 Å². The topological polar surface area (TPSA) is 50.1 Å². The van der Waals surface area contributed by atoms with Crippen LogP contribution < -0.4 is 0 Å². The number of hydrogen-bond donors (Lipinski definition) is 0. The Hall–Kier alpha value is -1.34. The molecule has 0 amide bonds. The number of nitrogens with zero attached hydrogens (tertiary/aromatic N) is 1. The highest BCUT2D eigenvalue weighted by Crippen LogP contribution is 2.30. The number of thiophene rings is 1. The molecular formula is C11H13NO2S. The summed E-state index contributed by atoms with van der Waals surface area (Å²) in [6.45, 7) is 5.56. The standard InChI is InChI=1S/C11H13NO2S/c1-4-14-10(13)11(3,7-12)9-6-5-8(2)15-9/h5-6H,4H2,1-3H3. The number of carbonyl (C=O) groups excluding carboxylic acids is 1. The summed E-state index contributed by atoms with van der Waals surface area (Å²) in [5, 5.41) is 9.10. The summed E-state index contributed by atoms with van der Waals surface area (Å²) >= 11 is 1.45. The van der Waals surface area contributed by atoms with Gasteiger partial charge in [-0.2, -0.15) is 5.26 Å². The lowest BCUT2D eigenvalue weighted by Gasteiger charge is -2.17. The van der Waals surface area contributed by atoms with Crippen LogP contribution in [0.2, 0.25) is 0 Å². The van der Waals surface area contributed by atoms with Gasteiger partial charge in [0.15, 0.2) is 5.41 Å². The minimum Gasteiger partial charge on any atom is -0.465 e. The molecule has 80 valence electrons. The molecule has 0 aliphatic heterocycles. The highest BCUT2D eigenvalue weighted by atomic mass is 32.1.